The predicted molar refractivity (Wildman–Crippen MR) is 101 cm³/mol. The number of morpholine rings is 1. The molecule has 2 aromatic rings. The van der Waals surface area contributed by atoms with Crippen LogP contribution in [0.1, 0.15) is 6.42 Å². The number of para-hydroxylation sites is 1. The van der Waals surface area contributed by atoms with Crippen molar-refractivity contribution in [2.75, 3.05) is 49.6 Å². The Morgan fingerprint density at radius 2 is 1.89 bits per heavy atom. The fourth-order valence-electron chi connectivity index (χ4n) is 3.28. The number of hydrogen-bond donors (Lipinski definition) is 1. The van der Waals surface area contributed by atoms with Crippen LogP contribution in [0, 0.1) is 0 Å². The summed E-state index contributed by atoms with van der Waals surface area (Å²) in [5.74, 6) is 1.27. The summed E-state index contributed by atoms with van der Waals surface area (Å²) in [6, 6.07) is 9.34. The van der Waals surface area contributed by atoms with Crippen molar-refractivity contribution in [3.05, 3.63) is 42.7 Å². The van der Waals surface area contributed by atoms with Crippen LogP contribution in [0.5, 0.6) is 5.88 Å². The van der Waals surface area contributed by atoms with Gasteiger partial charge in [0.15, 0.2) is 5.82 Å². The normalized spacial score (nSPS) is 19.8. The fourth-order valence-corrected chi connectivity index (χ4v) is 3.28. The summed E-state index contributed by atoms with van der Waals surface area (Å²) in [5.41, 5.74) is 0.787. The number of benzene rings is 1. The molecule has 1 unspecified atom stereocenters. The van der Waals surface area contributed by atoms with Crippen LogP contribution >= 0.6 is 0 Å². The average molecular weight is 369 g/mol. The maximum atomic E-state index is 12.4. The molecule has 8 heteroatoms. The van der Waals surface area contributed by atoms with E-state index in [9.17, 15) is 4.79 Å². The van der Waals surface area contributed by atoms with Gasteiger partial charge in [0.05, 0.1) is 19.8 Å². The maximum Gasteiger partial charge on any atom is 0.321 e. The van der Waals surface area contributed by atoms with Gasteiger partial charge in [0.1, 0.15) is 6.10 Å². The Kier molecular flexibility index (Phi) is 5.34. The lowest BCUT2D eigenvalue weighted by Gasteiger charge is -2.29. The molecule has 4 rings (SSSR count). The summed E-state index contributed by atoms with van der Waals surface area (Å²) >= 11 is 0. The molecule has 2 amide bonds. The molecule has 1 aromatic carbocycles. The molecule has 0 saturated carbocycles. The number of nitrogens with one attached hydrogen (secondary N) is 1. The van der Waals surface area contributed by atoms with Gasteiger partial charge in [-0.15, -0.1) is 0 Å². The summed E-state index contributed by atoms with van der Waals surface area (Å²) in [6.07, 6.45) is 3.98. The molecule has 1 aromatic heterocycles. The van der Waals surface area contributed by atoms with Crippen LogP contribution in [0.4, 0.5) is 16.3 Å². The molecular weight excluding hydrogens is 346 g/mol. The Bertz CT molecular complexity index is 767. The van der Waals surface area contributed by atoms with Crippen LogP contribution in [0.3, 0.4) is 0 Å². The van der Waals surface area contributed by atoms with Crippen LogP contribution in [-0.4, -0.2) is 66.4 Å². The number of likely N-dealkylation sites (tertiary alicyclic amines) is 1. The average Bonchev–Trinajstić information content (AvgIpc) is 3.19. The highest BCUT2D eigenvalue weighted by Gasteiger charge is 2.29. The van der Waals surface area contributed by atoms with Gasteiger partial charge in [-0.05, 0) is 12.1 Å². The lowest BCUT2D eigenvalue weighted by molar-refractivity contribution is 0.121. The summed E-state index contributed by atoms with van der Waals surface area (Å²) in [5, 5.41) is 2.91. The maximum absolute atomic E-state index is 12.4. The Morgan fingerprint density at radius 1 is 1.11 bits per heavy atom. The molecule has 8 nitrogen and oxygen atoms in total. The minimum absolute atomic E-state index is 0.0944. The van der Waals surface area contributed by atoms with Crippen molar-refractivity contribution >= 4 is 17.5 Å². The van der Waals surface area contributed by atoms with Crippen LogP contribution in [0.15, 0.2) is 42.7 Å². The fraction of sp³-hybridized carbons (Fsp3) is 0.421. The largest absolute Gasteiger partial charge is 0.470 e. The number of urea groups is 1. The molecule has 2 fully saturated rings. The van der Waals surface area contributed by atoms with Gasteiger partial charge >= 0.3 is 6.03 Å². The van der Waals surface area contributed by atoms with Gasteiger partial charge in [-0.25, -0.2) is 14.8 Å². The first-order valence-corrected chi connectivity index (χ1v) is 9.21. The topological polar surface area (TPSA) is 79.8 Å². The molecule has 3 heterocycles. The van der Waals surface area contributed by atoms with E-state index >= 15 is 0 Å². The van der Waals surface area contributed by atoms with E-state index in [0.29, 0.717) is 32.2 Å². The van der Waals surface area contributed by atoms with Gasteiger partial charge in [0, 0.05) is 44.1 Å². The van der Waals surface area contributed by atoms with Gasteiger partial charge in [-0.3, -0.25) is 0 Å². The van der Waals surface area contributed by atoms with E-state index in [0.717, 1.165) is 31.0 Å². The van der Waals surface area contributed by atoms with Crippen molar-refractivity contribution in [3.8, 4) is 5.88 Å². The zero-order valence-corrected chi connectivity index (χ0v) is 15.1. The van der Waals surface area contributed by atoms with Crippen LogP contribution in [-0.2, 0) is 4.74 Å². The third-order valence-electron chi connectivity index (χ3n) is 4.69. The Labute approximate surface area is 158 Å². The van der Waals surface area contributed by atoms with Crippen molar-refractivity contribution < 1.29 is 14.3 Å². The third kappa shape index (κ3) is 4.28. The third-order valence-corrected chi connectivity index (χ3v) is 4.69. The number of carbonyl (C=O) groups excluding carboxylic acids is 1. The predicted octanol–water partition coefficient (Wildman–Crippen LogP) is 2.00. The van der Waals surface area contributed by atoms with E-state index in [2.05, 4.69) is 20.2 Å². The minimum Gasteiger partial charge on any atom is -0.470 e. The van der Waals surface area contributed by atoms with Crippen molar-refractivity contribution in [3.63, 3.8) is 0 Å². The molecular formula is C19H23N5O3. The van der Waals surface area contributed by atoms with Gasteiger partial charge in [0.2, 0.25) is 0 Å². The Morgan fingerprint density at radius 3 is 2.70 bits per heavy atom. The molecule has 0 spiro atoms. The van der Waals surface area contributed by atoms with Crippen molar-refractivity contribution in [1.82, 2.24) is 14.9 Å². The van der Waals surface area contributed by atoms with E-state index in [1.807, 2.05) is 30.3 Å². The Hall–Kier alpha value is -2.87. The molecule has 2 aliphatic heterocycles. The molecule has 2 aliphatic rings. The summed E-state index contributed by atoms with van der Waals surface area (Å²) in [7, 11) is 0. The quantitative estimate of drug-likeness (QED) is 0.888. The summed E-state index contributed by atoms with van der Waals surface area (Å²) in [6.45, 7) is 4.06. The molecule has 0 radical (unpaired) electrons. The van der Waals surface area contributed by atoms with E-state index in [1.165, 1.54) is 0 Å². The second-order valence-corrected chi connectivity index (χ2v) is 6.56. The lowest BCUT2D eigenvalue weighted by atomic mass is 10.3. The molecule has 27 heavy (non-hydrogen) atoms. The van der Waals surface area contributed by atoms with E-state index in [1.54, 1.807) is 17.3 Å². The zero-order valence-electron chi connectivity index (χ0n) is 15.1. The number of ether oxygens (including phenoxy) is 2. The smallest absolute Gasteiger partial charge is 0.321 e. The second-order valence-electron chi connectivity index (χ2n) is 6.56. The van der Waals surface area contributed by atoms with E-state index in [-0.39, 0.29) is 12.1 Å². The number of nitrogens with zero attached hydrogens (tertiary/aromatic N) is 4. The molecule has 0 bridgehead atoms. The van der Waals surface area contributed by atoms with Crippen molar-refractivity contribution in [1.29, 1.82) is 0 Å². The van der Waals surface area contributed by atoms with Gasteiger partial charge < -0.3 is 24.6 Å². The number of hydrogen-bond acceptors (Lipinski definition) is 6. The number of rotatable bonds is 4. The highest BCUT2D eigenvalue weighted by atomic mass is 16.5. The molecule has 142 valence electrons. The van der Waals surface area contributed by atoms with Crippen molar-refractivity contribution in [2.24, 2.45) is 0 Å². The second kappa shape index (κ2) is 8.22. The van der Waals surface area contributed by atoms with Gasteiger partial charge in [-0.1, -0.05) is 18.2 Å². The highest BCUT2D eigenvalue weighted by Crippen LogP contribution is 2.26. The monoisotopic (exact) mass is 369 g/mol. The van der Waals surface area contributed by atoms with Crippen LogP contribution < -0.4 is 15.0 Å². The van der Waals surface area contributed by atoms with Crippen LogP contribution in [0.25, 0.3) is 0 Å². The Balaban J connectivity index is 1.37. The van der Waals surface area contributed by atoms with E-state index < -0.39 is 0 Å². The first kappa shape index (κ1) is 17.5. The number of carbonyl (C=O) groups is 1. The van der Waals surface area contributed by atoms with Gasteiger partial charge in [-0.2, -0.15) is 0 Å². The number of aromatic nitrogens is 2. The zero-order chi connectivity index (χ0) is 18.5. The molecule has 1 atom stereocenters. The molecule has 1 N–H and O–H groups in total. The van der Waals surface area contributed by atoms with Crippen LogP contribution in [0.2, 0.25) is 0 Å². The van der Waals surface area contributed by atoms with E-state index in [4.69, 9.17) is 9.47 Å². The minimum atomic E-state index is -0.111. The molecule has 2 saturated heterocycles. The highest BCUT2D eigenvalue weighted by molar-refractivity contribution is 5.89. The summed E-state index contributed by atoms with van der Waals surface area (Å²) < 4.78 is 11.5. The number of amides is 2. The SMILES string of the molecule is O=C(Nc1ccccc1)N1CCC(Oc2nccnc2N2CCOCC2)C1. The first-order chi connectivity index (χ1) is 13.3. The standard InChI is InChI=1S/C19H23N5O3/c25-19(22-15-4-2-1-3-5-15)24-9-6-16(14-24)27-18-17(20-7-8-21-18)23-10-12-26-13-11-23/h1-5,7-8,16H,6,9-14H2,(H,22,25). The number of anilines is 2. The lowest BCUT2D eigenvalue weighted by Crippen LogP contribution is -2.37. The first-order valence-electron chi connectivity index (χ1n) is 9.21. The molecule has 0 aliphatic carbocycles. The van der Waals surface area contributed by atoms with Crippen molar-refractivity contribution in [2.45, 2.75) is 12.5 Å². The summed E-state index contributed by atoms with van der Waals surface area (Å²) in [4.78, 5) is 25.1. The van der Waals surface area contributed by atoms with Gasteiger partial charge in [0.25, 0.3) is 5.88 Å².